The summed E-state index contributed by atoms with van der Waals surface area (Å²) in [6.45, 7) is 0. The van der Waals surface area contributed by atoms with Gasteiger partial charge in [-0.15, -0.1) is 11.6 Å². The normalized spacial score (nSPS) is 11.7. The summed E-state index contributed by atoms with van der Waals surface area (Å²) in [5.74, 6) is -0.00907. The molecule has 2 aromatic rings. The minimum atomic E-state index is -1.29. The van der Waals surface area contributed by atoms with Crippen LogP contribution >= 0.6 is 34.8 Å². The molecule has 1 aromatic carbocycles. The second kappa shape index (κ2) is 4.77. The zero-order valence-electron chi connectivity index (χ0n) is 8.66. The van der Waals surface area contributed by atoms with E-state index in [2.05, 4.69) is 5.10 Å². The predicted octanol–water partition coefficient (Wildman–Crippen LogP) is 3.03. The van der Waals surface area contributed by atoms with E-state index >= 15 is 0 Å². The highest BCUT2D eigenvalue weighted by Crippen LogP contribution is 2.33. The highest BCUT2D eigenvalue weighted by atomic mass is 35.5. The van der Waals surface area contributed by atoms with Crippen molar-refractivity contribution in [2.24, 2.45) is 0 Å². The second-order valence-corrected chi connectivity index (χ2v) is 5.27. The van der Waals surface area contributed by atoms with Crippen molar-refractivity contribution < 1.29 is 0 Å². The predicted molar refractivity (Wildman–Crippen MR) is 70.5 cm³/mol. The Balaban J connectivity index is 2.49. The van der Waals surface area contributed by atoms with Crippen molar-refractivity contribution >= 4 is 34.8 Å². The van der Waals surface area contributed by atoms with Gasteiger partial charge >= 0.3 is 0 Å². The van der Waals surface area contributed by atoms with Crippen LogP contribution in [0.5, 0.6) is 0 Å². The Morgan fingerprint density at radius 2 is 1.88 bits per heavy atom. The molecular formula is C11H9Cl3N2O. The summed E-state index contributed by atoms with van der Waals surface area (Å²) >= 11 is 17.6. The van der Waals surface area contributed by atoms with Gasteiger partial charge in [0.2, 0.25) is 0 Å². The average molecular weight is 292 g/mol. The summed E-state index contributed by atoms with van der Waals surface area (Å²) in [6.07, 6.45) is 0. The third-order valence-electron chi connectivity index (χ3n) is 2.30. The van der Waals surface area contributed by atoms with Gasteiger partial charge < -0.3 is 0 Å². The molecule has 0 unspecified atom stereocenters. The van der Waals surface area contributed by atoms with Crippen LogP contribution in [0.2, 0.25) is 0 Å². The van der Waals surface area contributed by atoms with E-state index in [1.54, 1.807) is 12.1 Å². The minimum Gasteiger partial charge on any atom is -0.292 e. The smallest absolute Gasteiger partial charge is 0.271 e. The van der Waals surface area contributed by atoms with Gasteiger partial charge in [0.15, 0.2) is 4.33 Å². The summed E-state index contributed by atoms with van der Waals surface area (Å²) in [7, 11) is 0. The molecule has 3 nitrogen and oxygen atoms in total. The molecule has 0 amide bonds. The molecule has 0 aliphatic rings. The number of H-pyrrole nitrogens is 1. The van der Waals surface area contributed by atoms with Gasteiger partial charge in [0.1, 0.15) is 0 Å². The number of rotatable bonds is 3. The van der Waals surface area contributed by atoms with Crippen molar-refractivity contribution in [1.82, 2.24) is 9.78 Å². The van der Waals surface area contributed by atoms with E-state index in [0.29, 0.717) is 11.4 Å². The lowest BCUT2D eigenvalue weighted by Gasteiger charge is -2.13. The van der Waals surface area contributed by atoms with Crippen LogP contribution in [-0.4, -0.2) is 15.7 Å². The first-order valence-corrected chi connectivity index (χ1v) is 6.15. The molecule has 0 saturated heterocycles. The number of alkyl halides is 3. The van der Waals surface area contributed by atoms with Crippen LogP contribution in [0.25, 0.3) is 5.69 Å². The van der Waals surface area contributed by atoms with E-state index in [0.717, 1.165) is 0 Å². The number of aromatic nitrogens is 2. The first-order valence-electron chi connectivity index (χ1n) is 4.86. The second-order valence-electron chi connectivity index (χ2n) is 3.52. The molecule has 6 heteroatoms. The maximum absolute atomic E-state index is 11.8. The number of nitrogens with zero attached hydrogens (tertiary/aromatic N) is 1. The third-order valence-corrected chi connectivity index (χ3v) is 3.65. The average Bonchev–Trinajstić information content (AvgIpc) is 2.73. The Morgan fingerprint density at radius 3 is 2.47 bits per heavy atom. The lowest BCUT2D eigenvalue weighted by atomic mass is 10.3. The van der Waals surface area contributed by atoms with Crippen molar-refractivity contribution in [3.05, 3.63) is 52.4 Å². The first kappa shape index (κ1) is 12.6. The molecule has 1 heterocycles. The van der Waals surface area contributed by atoms with E-state index in [9.17, 15) is 4.79 Å². The number of nitrogens with one attached hydrogen (secondary N) is 1. The molecule has 0 spiro atoms. The zero-order chi connectivity index (χ0) is 12.5. The number of aromatic amines is 1. The Morgan fingerprint density at radius 1 is 1.24 bits per heavy atom. The summed E-state index contributed by atoms with van der Waals surface area (Å²) in [6, 6.07) is 10.5. The lowest BCUT2D eigenvalue weighted by molar-refractivity contribution is 0.795. The Labute approximate surface area is 113 Å². The molecule has 2 rings (SSSR count). The van der Waals surface area contributed by atoms with Crippen LogP contribution in [0.3, 0.4) is 0 Å². The molecule has 0 saturated carbocycles. The number of benzene rings is 1. The Hall–Kier alpha value is -0.900. The van der Waals surface area contributed by atoms with E-state index in [4.69, 9.17) is 34.8 Å². The quantitative estimate of drug-likeness (QED) is 0.867. The van der Waals surface area contributed by atoms with Gasteiger partial charge in [0.05, 0.1) is 17.3 Å². The van der Waals surface area contributed by atoms with Gasteiger partial charge in [-0.2, -0.15) is 0 Å². The van der Waals surface area contributed by atoms with E-state index < -0.39 is 4.33 Å². The maximum atomic E-state index is 11.8. The summed E-state index contributed by atoms with van der Waals surface area (Å²) in [5.41, 5.74) is 0.856. The molecule has 0 atom stereocenters. The monoisotopic (exact) mass is 290 g/mol. The molecule has 1 aromatic heterocycles. The molecule has 90 valence electrons. The fourth-order valence-electron chi connectivity index (χ4n) is 1.42. The van der Waals surface area contributed by atoms with Gasteiger partial charge in [-0.25, -0.2) is 4.68 Å². The van der Waals surface area contributed by atoms with Gasteiger partial charge in [0.25, 0.3) is 5.56 Å². The van der Waals surface area contributed by atoms with Crippen molar-refractivity contribution in [2.75, 3.05) is 5.88 Å². The van der Waals surface area contributed by atoms with E-state index in [1.165, 1.54) is 10.7 Å². The molecule has 17 heavy (non-hydrogen) atoms. The highest BCUT2D eigenvalue weighted by molar-refractivity contribution is 6.50. The first-order chi connectivity index (χ1) is 8.04. The number of halogens is 3. The van der Waals surface area contributed by atoms with Crippen LogP contribution in [0.4, 0.5) is 0 Å². The number of hydrogen-bond donors (Lipinski definition) is 1. The van der Waals surface area contributed by atoms with Gasteiger partial charge in [-0.1, -0.05) is 41.4 Å². The fraction of sp³-hybridized carbons (Fsp3) is 0.182. The summed E-state index contributed by atoms with van der Waals surface area (Å²) in [5, 5.41) is 2.84. The van der Waals surface area contributed by atoms with Crippen LogP contribution in [0, 0.1) is 0 Å². The highest BCUT2D eigenvalue weighted by Gasteiger charge is 2.28. The molecular weight excluding hydrogens is 282 g/mol. The van der Waals surface area contributed by atoms with Crippen molar-refractivity contribution in [3.63, 3.8) is 0 Å². The lowest BCUT2D eigenvalue weighted by Crippen LogP contribution is -2.14. The van der Waals surface area contributed by atoms with Crippen molar-refractivity contribution in [1.29, 1.82) is 0 Å². The largest absolute Gasteiger partial charge is 0.292 e. The van der Waals surface area contributed by atoms with Crippen LogP contribution < -0.4 is 5.56 Å². The van der Waals surface area contributed by atoms with Crippen molar-refractivity contribution in [2.45, 2.75) is 4.33 Å². The van der Waals surface area contributed by atoms with Gasteiger partial charge in [0, 0.05) is 6.07 Å². The fourth-order valence-corrected chi connectivity index (χ4v) is 1.76. The molecule has 0 radical (unpaired) electrons. The topological polar surface area (TPSA) is 37.8 Å². The van der Waals surface area contributed by atoms with Gasteiger partial charge in [-0.05, 0) is 12.1 Å². The maximum Gasteiger partial charge on any atom is 0.271 e. The molecule has 0 aliphatic carbocycles. The number of para-hydroxylation sites is 1. The third kappa shape index (κ3) is 2.51. The van der Waals surface area contributed by atoms with E-state index in [1.807, 2.05) is 18.2 Å². The molecule has 0 fully saturated rings. The molecule has 0 bridgehead atoms. The van der Waals surface area contributed by atoms with E-state index in [-0.39, 0.29) is 11.4 Å². The van der Waals surface area contributed by atoms with Gasteiger partial charge in [-0.3, -0.25) is 9.89 Å². The van der Waals surface area contributed by atoms with Crippen molar-refractivity contribution in [3.8, 4) is 5.69 Å². The van der Waals surface area contributed by atoms with Crippen LogP contribution in [-0.2, 0) is 4.33 Å². The van der Waals surface area contributed by atoms with Crippen LogP contribution in [0.1, 0.15) is 5.69 Å². The number of hydrogen-bond acceptors (Lipinski definition) is 1. The SMILES string of the molecule is O=c1cc(C(Cl)(Cl)CCl)[nH]n1-c1ccccc1. The standard InChI is InChI=1S/C11H9Cl3N2O/c12-7-11(13,14)9-6-10(17)16(15-9)8-4-2-1-3-5-8/h1-6,15H,7H2. The Kier molecular flexibility index (Phi) is 3.52. The van der Waals surface area contributed by atoms with Crippen LogP contribution in [0.15, 0.2) is 41.2 Å². The molecule has 0 aliphatic heterocycles. The summed E-state index contributed by atoms with van der Waals surface area (Å²) in [4.78, 5) is 11.8. The Bertz CT molecular complexity index is 560. The minimum absolute atomic E-state index is 0.00907. The zero-order valence-corrected chi connectivity index (χ0v) is 10.9. The molecule has 1 N–H and O–H groups in total. The summed E-state index contributed by atoms with van der Waals surface area (Å²) < 4.78 is 0.0716.